The minimum Gasteiger partial charge on any atom is -0.374 e. The summed E-state index contributed by atoms with van der Waals surface area (Å²) in [6.45, 7) is 4.32. The van der Waals surface area contributed by atoms with Gasteiger partial charge in [0.2, 0.25) is 0 Å². The van der Waals surface area contributed by atoms with E-state index in [9.17, 15) is 0 Å². The molecule has 1 saturated heterocycles. The van der Waals surface area contributed by atoms with E-state index in [4.69, 9.17) is 4.74 Å². The number of nitrogens with one attached hydrogen (secondary N) is 1. The average Bonchev–Trinajstić information content (AvgIpc) is 2.51. The van der Waals surface area contributed by atoms with Crippen molar-refractivity contribution < 1.29 is 4.74 Å². The summed E-state index contributed by atoms with van der Waals surface area (Å²) in [5, 5.41) is 4.55. The van der Waals surface area contributed by atoms with Crippen LogP contribution in [0.1, 0.15) is 32.6 Å². The summed E-state index contributed by atoms with van der Waals surface area (Å²) in [5.41, 5.74) is 0. The Labute approximate surface area is 89.5 Å². The van der Waals surface area contributed by atoms with Crippen LogP contribution in [0.25, 0.3) is 0 Å². The molecule has 0 aromatic heterocycles. The quantitative estimate of drug-likeness (QED) is 0.577. The molecule has 0 amide bonds. The molecule has 0 aliphatic carbocycles. The van der Waals surface area contributed by atoms with Crippen molar-refractivity contribution in [3.8, 4) is 0 Å². The molecule has 0 radical (unpaired) electrons. The molecule has 0 aromatic carbocycles. The van der Waals surface area contributed by atoms with Gasteiger partial charge in [0.15, 0.2) is 0 Å². The fraction of sp³-hybridized carbons (Fsp3) is 1.00. The predicted molar refractivity (Wildman–Crippen MR) is 59.5 cm³/mol. The molecule has 1 heterocycles. The standard InChI is InChI=1S/C10H20BrNO/c1-9-4-5-10(13-9)8-12-7-3-2-6-11/h9-10,12H,2-8H2,1H3. The monoisotopic (exact) mass is 249 g/mol. The Balaban J connectivity index is 1.88. The van der Waals surface area contributed by atoms with Gasteiger partial charge in [-0.05, 0) is 39.2 Å². The van der Waals surface area contributed by atoms with Crippen LogP contribution in [-0.2, 0) is 4.74 Å². The molecule has 2 atom stereocenters. The van der Waals surface area contributed by atoms with Crippen LogP contribution in [0, 0.1) is 0 Å². The SMILES string of the molecule is CC1CCC(CNCCCCBr)O1. The summed E-state index contributed by atoms with van der Waals surface area (Å²) in [4.78, 5) is 0. The molecule has 1 fully saturated rings. The van der Waals surface area contributed by atoms with E-state index in [1.165, 1.54) is 25.7 Å². The molecule has 2 unspecified atom stereocenters. The minimum atomic E-state index is 0.471. The highest BCUT2D eigenvalue weighted by atomic mass is 79.9. The van der Waals surface area contributed by atoms with Crippen molar-refractivity contribution in [3.63, 3.8) is 0 Å². The summed E-state index contributed by atoms with van der Waals surface area (Å²) in [6, 6.07) is 0. The second-order valence-corrected chi connectivity index (χ2v) is 4.54. The van der Waals surface area contributed by atoms with Gasteiger partial charge in [0.1, 0.15) is 0 Å². The van der Waals surface area contributed by atoms with Gasteiger partial charge in [-0.25, -0.2) is 0 Å². The van der Waals surface area contributed by atoms with Crippen LogP contribution in [0.15, 0.2) is 0 Å². The second-order valence-electron chi connectivity index (χ2n) is 3.75. The Morgan fingerprint density at radius 3 is 2.85 bits per heavy atom. The first-order valence-electron chi connectivity index (χ1n) is 5.25. The van der Waals surface area contributed by atoms with Crippen molar-refractivity contribution in [1.82, 2.24) is 5.32 Å². The van der Waals surface area contributed by atoms with E-state index in [0.29, 0.717) is 12.2 Å². The van der Waals surface area contributed by atoms with Gasteiger partial charge in [-0.15, -0.1) is 0 Å². The largest absolute Gasteiger partial charge is 0.374 e. The highest BCUT2D eigenvalue weighted by molar-refractivity contribution is 9.09. The summed E-state index contributed by atoms with van der Waals surface area (Å²) in [7, 11) is 0. The van der Waals surface area contributed by atoms with Gasteiger partial charge in [-0.1, -0.05) is 15.9 Å². The van der Waals surface area contributed by atoms with Gasteiger partial charge >= 0.3 is 0 Å². The smallest absolute Gasteiger partial charge is 0.0704 e. The third-order valence-electron chi connectivity index (χ3n) is 2.43. The highest BCUT2D eigenvalue weighted by Gasteiger charge is 2.20. The Bertz CT molecular complexity index is 132. The topological polar surface area (TPSA) is 21.3 Å². The average molecular weight is 250 g/mol. The number of ether oxygens (including phenoxy) is 1. The number of hydrogen-bond acceptors (Lipinski definition) is 2. The molecular weight excluding hydrogens is 230 g/mol. The third kappa shape index (κ3) is 4.99. The van der Waals surface area contributed by atoms with Crippen LogP contribution in [0.4, 0.5) is 0 Å². The second kappa shape index (κ2) is 6.80. The van der Waals surface area contributed by atoms with Gasteiger partial charge in [0, 0.05) is 11.9 Å². The lowest BCUT2D eigenvalue weighted by molar-refractivity contribution is 0.0561. The molecule has 3 heteroatoms. The van der Waals surface area contributed by atoms with Crippen molar-refractivity contribution in [2.75, 3.05) is 18.4 Å². The minimum absolute atomic E-state index is 0.471. The van der Waals surface area contributed by atoms with Crippen LogP contribution < -0.4 is 5.32 Å². The zero-order valence-electron chi connectivity index (χ0n) is 8.39. The van der Waals surface area contributed by atoms with Crippen LogP contribution in [-0.4, -0.2) is 30.6 Å². The zero-order valence-corrected chi connectivity index (χ0v) is 9.98. The number of rotatable bonds is 6. The first kappa shape index (κ1) is 11.5. The first-order valence-corrected chi connectivity index (χ1v) is 6.37. The van der Waals surface area contributed by atoms with Crippen molar-refractivity contribution in [2.45, 2.75) is 44.8 Å². The molecule has 13 heavy (non-hydrogen) atoms. The molecule has 1 aliphatic rings. The molecule has 1 rings (SSSR count). The van der Waals surface area contributed by atoms with Crippen LogP contribution >= 0.6 is 15.9 Å². The van der Waals surface area contributed by atoms with Gasteiger partial charge in [-0.2, -0.15) is 0 Å². The molecule has 1 N–H and O–H groups in total. The number of unbranched alkanes of at least 4 members (excludes halogenated alkanes) is 1. The number of halogens is 1. The Morgan fingerprint density at radius 1 is 1.38 bits per heavy atom. The molecule has 78 valence electrons. The Hall–Kier alpha value is 0.400. The van der Waals surface area contributed by atoms with E-state index in [1.807, 2.05) is 0 Å². The molecule has 1 aliphatic heterocycles. The van der Waals surface area contributed by atoms with E-state index in [1.54, 1.807) is 0 Å². The summed E-state index contributed by atoms with van der Waals surface area (Å²) in [6.07, 6.45) is 5.93. The maximum Gasteiger partial charge on any atom is 0.0704 e. The van der Waals surface area contributed by atoms with Crippen molar-refractivity contribution in [3.05, 3.63) is 0 Å². The maximum absolute atomic E-state index is 5.70. The van der Waals surface area contributed by atoms with Crippen molar-refractivity contribution >= 4 is 15.9 Å². The van der Waals surface area contributed by atoms with Gasteiger partial charge < -0.3 is 10.1 Å². The lowest BCUT2D eigenvalue weighted by Crippen LogP contribution is -2.27. The van der Waals surface area contributed by atoms with E-state index in [2.05, 4.69) is 28.2 Å². The van der Waals surface area contributed by atoms with E-state index in [-0.39, 0.29) is 0 Å². The van der Waals surface area contributed by atoms with Gasteiger partial charge in [0.05, 0.1) is 12.2 Å². The predicted octanol–water partition coefficient (Wildman–Crippen LogP) is 2.32. The zero-order chi connectivity index (χ0) is 9.52. The highest BCUT2D eigenvalue weighted by Crippen LogP contribution is 2.17. The van der Waals surface area contributed by atoms with Crippen LogP contribution in [0.3, 0.4) is 0 Å². The molecule has 0 aromatic rings. The third-order valence-corrected chi connectivity index (χ3v) is 2.99. The summed E-state index contributed by atoms with van der Waals surface area (Å²) >= 11 is 3.42. The molecule has 0 saturated carbocycles. The van der Waals surface area contributed by atoms with Gasteiger partial charge in [0.25, 0.3) is 0 Å². The lowest BCUT2D eigenvalue weighted by atomic mass is 10.2. The molecule has 0 bridgehead atoms. The first-order chi connectivity index (χ1) is 6.33. The Kier molecular flexibility index (Phi) is 6.00. The van der Waals surface area contributed by atoms with Crippen molar-refractivity contribution in [2.24, 2.45) is 0 Å². The normalized spacial score (nSPS) is 28.2. The lowest BCUT2D eigenvalue weighted by Gasteiger charge is -2.11. The van der Waals surface area contributed by atoms with E-state index in [0.717, 1.165) is 18.4 Å². The molecule has 0 spiro atoms. The molecule has 2 nitrogen and oxygen atoms in total. The van der Waals surface area contributed by atoms with Crippen molar-refractivity contribution in [1.29, 1.82) is 0 Å². The number of hydrogen-bond donors (Lipinski definition) is 1. The fourth-order valence-corrected chi connectivity index (χ4v) is 2.04. The van der Waals surface area contributed by atoms with E-state index < -0.39 is 0 Å². The van der Waals surface area contributed by atoms with Gasteiger partial charge in [-0.3, -0.25) is 0 Å². The van der Waals surface area contributed by atoms with Crippen LogP contribution in [0.2, 0.25) is 0 Å². The Morgan fingerprint density at radius 2 is 2.23 bits per heavy atom. The van der Waals surface area contributed by atoms with E-state index >= 15 is 0 Å². The summed E-state index contributed by atoms with van der Waals surface area (Å²) in [5.74, 6) is 0. The molecular formula is C10H20BrNO. The summed E-state index contributed by atoms with van der Waals surface area (Å²) < 4.78 is 5.70. The maximum atomic E-state index is 5.70. The number of alkyl halides is 1. The fourth-order valence-electron chi connectivity index (χ4n) is 1.64. The van der Waals surface area contributed by atoms with Crippen LogP contribution in [0.5, 0.6) is 0 Å².